The topological polar surface area (TPSA) is 80.7 Å². The summed E-state index contributed by atoms with van der Waals surface area (Å²) < 4.78 is 72.5. The first-order chi connectivity index (χ1) is 10.1. The molecule has 1 N–H and O–H groups in total. The molecule has 0 amide bonds. The molecule has 1 atom stereocenters. The minimum absolute atomic E-state index is 0.440. The van der Waals surface area contributed by atoms with E-state index in [2.05, 4.69) is 4.74 Å². The van der Waals surface area contributed by atoms with E-state index in [0.717, 1.165) is 38.5 Å². The maximum Gasteiger partial charge on any atom is 0.426 e. The molecule has 1 saturated carbocycles. The average molecular weight is 346 g/mol. The molecule has 22 heavy (non-hydrogen) atoms. The second kappa shape index (κ2) is 8.14. The maximum absolute atomic E-state index is 12.7. The van der Waals surface area contributed by atoms with Crippen LogP contribution in [0.3, 0.4) is 0 Å². The Hall–Kier alpha value is -0.830. The largest absolute Gasteiger partial charge is 0.451 e. The van der Waals surface area contributed by atoms with Crippen molar-refractivity contribution >= 4 is 16.1 Å². The van der Waals surface area contributed by atoms with Gasteiger partial charge in [-0.05, 0) is 12.8 Å². The number of carbonyl (C=O) groups is 1. The van der Waals surface area contributed by atoms with E-state index in [4.69, 9.17) is 4.55 Å². The lowest BCUT2D eigenvalue weighted by atomic mass is 9.97. The highest BCUT2D eigenvalue weighted by molar-refractivity contribution is 7.85. The number of ether oxygens (including phenoxy) is 1. The fraction of sp³-hybridized carbons (Fsp3) is 0.923. The van der Waals surface area contributed by atoms with Crippen LogP contribution in [0.15, 0.2) is 0 Å². The zero-order valence-corrected chi connectivity index (χ0v) is 13.0. The van der Waals surface area contributed by atoms with E-state index in [1.54, 1.807) is 0 Å². The predicted octanol–water partition coefficient (Wildman–Crippen LogP) is 3.10. The fourth-order valence-corrected chi connectivity index (χ4v) is 3.13. The first kappa shape index (κ1) is 19.2. The molecule has 1 unspecified atom stereocenters. The zero-order chi connectivity index (χ0) is 16.8. The summed E-state index contributed by atoms with van der Waals surface area (Å²) >= 11 is 0. The lowest BCUT2D eigenvalue weighted by Gasteiger charge is -2.22. The predicted molar refractivity (Wildman–Crippen MR) is 72.8 cm³/mol. The highest BCUT2D eigenvalue weighted by Gasteiger charge is 2.46. The summed E-state index contributed by atoms with van der Waals surface area (Å²) in [6.07, 6.45) is -1.62. The molecule has 0 saturated heterocycles. The van der Waals surface area contributed by atoms with Crippen molar-refractivity contribution in [3.63, 3.8) is 0 Å². The first-order valence-electron chi connectivity index (χ1n) is 7.32. The smallest absolute Gasteiger partial charge is 0.426 e. The van der Waals surface area contributed by atoms with Crippen LogP contribution >= 0.6 is 0 Å². The molecule has 0 aromatic carbocycles. The molecule has 0 aromatic heterocycles. The monoisotopic (exact) mass is 346 g/mol. The van der Waals surface area contributed by atoms with Crippen LogP contribution in [0.25, 0.3) is 0 Å². The molecule has 9 heteroatoms. The number of hydrogen-bond acceptors (Lipinski definition) is 4. The van der Waals surface area contributed by atoms with Crippen molar-refractivity contribution in [2.45, 2.75) is 63.6 Å². The Kier molecular flexibility index (Phi) is 7.11. The Morgan fingerprint density at radius 1 is 1.09 bits per heavy atom. The molecule has 1 rings (SSSR count). The summed E-state index contributed by atoms with van der Waals surface area (Å²) in [6, 6.07) is 0. The van der Waals surface area contributed by atoms with Crippen molar-refractivity contribution in [1.29, 1.82) is 0 Å². The molecule has 130 valence electrons. The van der Waals surface area contributed by atoms with Crippen molar-refractivity contribution < 1.29 is 35.7 Å². The van der Waals surface area contributed by atoms with Gasteiger partial charge in [-0.25, -0.2) is 0 Å². The molecule has 5 nitrogen and oxygen atoms in total. The Balaban J connectivity index is 2.71. The van der Waals surface area contributed by atoms with Gasteiger partial charge in [-0.3, -0.25) is 9.35 Å². The van der Waals surface area contributed by atoms with E-state index in [0.29, 0.717) is 12.8 Å². The van der Waals surface area contributed by atoms with Crippen molar-refractivity contribution in [2.75, 3.05) is 5.75 Å². The van der Waals surface area contributed by atoms with Crippen LogP contribution in [0.1, 0.15) is 51.4 Å². The Bertz CT molecular complexity index is 451. The van der Waals surface area contributed by atoms with Crippen LogP contribution < -0.4 is 0 Å². The molecule has 1 aliphatic carbocycles. The molecular formula is C13H21F3O5S. The van der Waals surface area contributed by atoms with Gasteiger partial charge in [-0.15, -0.1) is 0 Å². The van der Waals surface area contributed by atoms with Gasteiger partial charge in [-0.2, -0.15) is 21.6 Å². The van der Waals surface area contributed by atoms with Crippen LogP contribution in [0.5, 0.6) is 0 Å². The van der Waals surface area contributed by atoms with Crippen LogP contribution in [-0.2, 0) is 19.6 Å². The Morgan fingerprint density at radius 3 is 1.95 bits per heavy atom. The maximum atomic E-state index is 12.7. The van der Waals surface area contributed by atoms with E-state index < -0.39 is 40.0 Å². The molecule has 1 fully saturated rings. The van der Waals surface area contributed by atoms with Gasteiger partial charge in [0.15, 0.2) is 0 Å². The number of halogens is 3. The quantitative estimate of drug-likeness (QED) is 0.625. The molecule has 0 radical (unpaired) electrons. The standard InChI is InChI=1S/C13H21F3O5S/c14-13(15,16)11(9-22(18,19)20)21-12(17)10-7-5-3-1-2-4-6-8-10/h10-11H,1-9H2,(H,18,19,20). The summed E-state index contributed by atoms with van der Waals surface area (Å²) in [4.78, 5) is 11.9. The number of rotatable bonds is 4. The van der Waals surface area contributed by atoms with E-state index in [9.17, 15) is 26.4 Å². The minimum Gasteiger partial charge on any atom is -0.451 e. The van der Waals surface area contributed by atoms with Gasteiger partial charge in [0.2, 0.25) is 6.10 Å². The summed E-state index contributed by atoms with van der Waals surface area (Å²) in [5, 5.41) is 0. The first-order valence-corrected chi connectivity index (χ1v) is 8.93. The van der Waals surface area contributed by atoms with Crippen LogP contribution in [0.2, 0.25) is 0 Å². The normalized spacial score (nSPS) is 20.5. The van der Waals surface area contributed by atoms with Crippen molar-refractivity contribution in [3.05, 3.63) is 0 Å². The van der Waals surface area contributed by atoms with Gasteiger partial charge in [0, 0.05) is 0 Å². The Labute approximate surface area is 128 Å². The molecule has 0 heterocycles. The minimum atomic E-state index is -5.04. The van der Waals surface area contributed by atoms with Gasteiger partial charge in [0.1, 0.15) is 5.75 Å². The fourth-order valence-electron chi connectivity index (χ4n) is 2.49. The second-order valence-corrected chi connectivity index (χ2v) is 7.11. The molecule has 1 aliphatic rings. The van der Waals surface area contributed by atoms with Gasteiger partial charge in [0.25, 0.3) is 10.1 Å². The van der Waals surface area contributed by atoms with Gasteiger partial charge in [-0.1, -0.05) is 38.5 Å². The van der Waals surface area contributed by atoms with Crippen LogP contribution in [-0.4, -0.2) is 37.0 Å². The van der Waals surface area contributed by atoms with Crippen molar-refractivity contribution in [2.24, 2.45) is 5.92 Å². The molecule has 0 aromatic rings. The highest BCUT2D eigenvalue weighted by atomic mass is 32.2. The number of esters is 1. The van der Waals surface area contributed by atoms with Crippen LogP contribution in [0, 0.1) is 5.92 Å². The number of hydrogen-bond donors (Lipinski definition) is 1. The van der Waals surface area contributed by atoms with E-state index in [-0.39, 0.29) is 0 Å². The summed E-state index contributed by atoms with van der Waals surface area (Å²) in [5.41, 5.74) is 0. The summed E-state index contributed by atoms with van der Waals surface area (Å²) in [5.74, 6) is -3.35. The number of carbonyl (C=O) groups excluding carboxylic acids is 1. The lowest BCUT2D eigenvalue weighted by Crippen LogP contribution is -2.40. The molecule has 0 bridgehead atoms. The summed E-state index contributed by atoms with van der Waals surface area (Å²) in [7, 11) is -4.90. The number of alkyl halides is 3. The second-order valence-electron chi connectivity index (χ2n) is 5.61. The average Bonchev–Trinajstić information content (AvgIpc) is 2.48. The third-order valence-electron chi connectivity index (χ3n) is 3.67. The van der Waals surface area contributed by atoms with Gasteiger partial charge in [0.05, 0.1) is 5.92 Å². The van der Waals surface area contributed by atoms with Gasteiger partial charge >= 0.3 is 12.1 Å². The van der Waals surface area contributed by atoms with E-state index >= 15 is 0 Å². The molecule has 0 aliphatic heterocycles. The van der Waals surface area contributed by atoms with Crippen molar-refractivity contribution in [3.8, 4) is 0 Å². The summed E-state index contributed by atoms with van der Waals surface area (Å²) in [6.45, 7) is 0. The molecule has 0 spiro atoms. The van der Waals surface area contributed by atoms with E-state index in [1.807, 2.05) is 0 Å². The highest BCUT2D eigenvalue weighted by Crippen LogP contribution is 2.28. The Morgan fingerprint density at radius 2 is 1.55 bits per heavy atom. The SMILES string of the molecule is O=C(OC(CS(=O)(=O)O)C(F)(F)F)C1CCCCCCCC1. The molecular weight excluding hydrogens is 325 g/mol. The van der Waals surface area contributed by atoms with Crippen LogP contribution in [0.4, 0.5) is 13.2 Å². The van der Waals surface area contributed by atoms with E-state index in [1.165, 1.54) is 0 Å². The third kappa shape index (κ3) is 7.44. The zero-order valence-electron chi connectivity index (χ0n) is 12.1. The van der Waals surface area contributed by atoms with Gasteiger partial charge < -0.3 is 4.74 Å². The lowest BCUT2D eigenvalue weighted by molar-refractivity contribution is -0.217. The van der Waals surface area contributed by atoms with Crippen molar-refractivity contribution in [1.82, 2.24) is 0 Å². The third-order valence-corrected chi connectivity index (χ3v) is 4.40.